The molecule has 1 aliphatic carbocycles. The molecule has 0 spiro atoms. The van der Waals surface area contributed by atoms with Crippen LogP contribution in [0.5, 0.6) is 0 Å². The predicted octanol–water partition coefficient (Wildman–Crippen LogP) is 6.97. The van der Waals surface area contributed by atoms with E-state index in [1.165, 1.54) is 18.2 Å². The zero-order valence-corrected chi connectivity index (χ0v) is 25.1. The Bertz CT molecular complexity index is 1470. The summed E-state index contributed by atoms with van der Waals surface area (Å²) >= 11 is 12.3. The number of urea groups is 1. The molecule has 4 rings (SSSR count). The van der Waals surface area contributed by atoms with Crippen LogP contribution >= 0.6 is 23.2 Å². The highest BCUT2D eigenvalue weighted by molar-refractivity contribution is 6.40. The molecule has 1 atom stereocenters. The van der Waals surface area contributed by atoms with Crippen molar-refractivity contribution in [1.29, 1.82) is 0 Å². The van der Waals surface area contributed by atoms with Crippen molar-refractivity contribution in [3.05, 3.63) is 98.0 Å². The Morgan fingerprint density at radius 3 is 2.23 bits per heavy atom. The van der Waals surface area contributed by atoms with Gasteiger partial charge < -0.3 is 21.3 Å². The molecule has 3 aromatic rings. The molecule has 0 saturated heterocycles. The number of anilines is 2. The van der Waals surface area contributed by atoms with Crippen LogP contribution in [-0.2, 0) is 11.2 Å². The highest BCUT2D eigenvalue weighted by atomic mass is 35.5. The van der Waals surface area contributed by atoms with Gasteiger partial charge in [0.15, 0.2) is 0 Å². The van der Waals surface area contributed by atoms with E-state index < -0.39 is 22.3 Å². The number of carbonyl (C=O) groups excluding carboxylic acids is 3. The number of carbonyl (C=O) groups is 3. The van der Waals surface area contributed by atoms with Crippen molar-refractivity contribution in [3.63, 3.8) is 0 Å². The minimum absolute atomic E-state index is 0.0427. The molecule has 0 bridgehead atoms. The monoisotopic (exact) mass is 625 g/mol. The summed E-state index contributed by atoms with van der Waals surface area (Å²) < 4.78 is 0. The summed E-state index contributed by atoms with van der Waals surface area (Å²) in [4.78, 5) is 49.2. The second-order valence-electron chi connectivity index (χ2n) is 10.7. The summed E-state index contributed by atoms with van der Waals surface area (Å²) in [5.41, 5.74) is 1.10. The maximum Gasteiger partial charge on any atom is 0.319 e. The maximum atomic E-state index is 13.4. The molecule has 226 valence electrons. The number of nitrogens with one attached hydrogen (secondary N) is 4. The first kappa shape index (κ1) is 31.8. The van der Waals surface area contributed by atoms with Gasteiger partial charge in [0.05, 0.1) is 25.9 Å². The van der Waals surface area contributed by atoms with Crippen LogP contribution in [0.2, 0.25) is 10.0 Å². The average Bonchev–Trinajstić information content (AvgIpc) is 3.44. The zero-order valence-electron chi connectivity index (χ0n) is 23.6. The summed E-state index contributed by atoms with van der Waals surface area (Å²) in [6.45, 7) is 2.19. The Morgan fingerprint density at radius 2 is 1.58 bits per heavy atom. The third-order valence-electron chi connectivity index (χ3n) is 7.60. The van der Waals surface area contributed by atoms with E-state index >= 15 is 0 Å². The molecular weight excluding hydrogens is 593 g/mol. The number of rotatable bonds is 11. The Morgan fingerprint density at radius 1 is 0.930 bits per heavy atom. The Hall–Kier alpha value is -4.15. The fraction of sp³-hybridized carbons (Fsp3) is 0.323. The van der Waals surface area contributed by atoms with E-state index in [0.29, 0.717) is 18.5 Å². The molecule has 1 aliphatic rings. The number of benzene rings is 3. The van der Waals surface area contributed by atoms with E-state index in [1.807, 2.05) is 19.1 Å². The van der Waals surface area contributed by atoms with Crippen LogP contribution in [0.1, 0.15) is 54.9 Å². The van der Waals surface area contributed by atoms with Crippen LogP contribution in [0.15, 0.2) is 66.7 Å². The van der Waals surface area contributed by atoms with Crippen molar-refractivity contribution in [1.82, 2.24) is 10.6 Å². The Kier molecular flexibility index (Phi) is 10.6. The van der Waals surface area contributed by atoms with Crippen LogP contribution in [-0.4, -0.2) is 35.4 Å². The van der Waals surface area contributed by atoms with Crippen molar-refractivity contribution >= 4 is 58.1 Å². The standard InChI is InChI=1S/C31H33Cl2N5O5/c1-20(19-21-11-13-22(14-12-21)36-28(39)27-23(32)7-6-8-24(27)33)35-29(40)31(15-4-5-16-31)17-18-34-30(41)37-25-9-2-3-10-26(25)38(42)43/h2-3,6-14,20H,4-5,15-19H2,1H3,(H,35,40)(H,36,39)(H2,34,37,41). The van der Waals surface area contributed by atoms with Crippen LogP contribution in [0.4, 0.5) is 21.9 Å². The van der Waals surface area contributed by atoms with Crippen LogP contribution in [0.25, 0.3) is 0 Å². The van der Waals surface area contributed by atoms with Crippen LogP contribution < -0.4 is 21.3 Å². The second kappa shape index (κ2) is 14.3. The van der Waals surface area contributed by atoms with Crippen LogP contribution in [0, 0.1) is 15.5 Å². The molecule has 4 N–H and O–H groups in total. The minimum atomic E-state index is -0.589. The molecular formula is C31H33Cl2N5O5. The van der Waals surface area contributed by atoms with Crippen molar-refractivity contribution < 1.29 is 19.3 Å². The van der Waals surface area contributed by atoms with Crippen molar-refractivity contribution in [3.8, 4) is 0 Å². The SMILES string of the molecule is CC(Cc1ccc(NC(=O)c2c(Cl)cccc2Cl)cc1)NC(=O)C1(CCNC(=O)Nc2ccccc2[N+](=O)[O-])CCCC1. The number of hydrogen-bond donors (Lipinski definition) is 4. The van der Waals surface area contributed by atoms with E-state index in [-0.39, 0.29) is 45.5 Å². The van der Waals surface area contributed by atoms with Gasteiger partial charge in [-0.3, -0.25) is 19.7 Å². The van der Waals surface area contributed by atoms with Gasteiger partial charge >= 0.3 is 6.03 Å². The minimum Gasteiger partial charge on any atom is -0.353 e. The number of nitrogens with zero attached hydrogens (tertiary/aromatic N) is 1. The van der Waals surface area contributed by atoms with Gasteiger partial charge in [-0.15, -0.1) is 0 Å². The third-order valence-corrected chi connectivity index (χ3v) is 8.23. The second-order valence-corrected chi connectivity index (χ2v) is 11.5. The summed E-state index contributed by atoms with van der Waals surface area (Å²) in [6.07, 6.45) is 4.35. The van der Waals surface area contributed by atoms with Crippen molar-refractivity contribution in [2.24, 2.45) is 5.41 Å². The third kappa shape index (κ3) is 8.24. The zero-order chi connectivity index (χ0) is 31.0. The number of nitro groups is 1. The van der Waals surface area contributed by atoms with Crippen molar-refractivity contribution in [2.75, 3.05) is 17.2 Å². The molecule has 3 aromatic carbocycles. The summed E-state index contributed by atoms with van der Waals surface area (Å²) in [5, 5.41) is 22.9. The van der Waals surface area contributed by atoms with Gasteiger partial charge in [-0.25, -0.2) is 4.79 Å². The van der Waals surface area contributed by atoms with Gasteiger partial charge in [-0.2, -0.15) is 0 Å². The van der Waals surface area contributed by atoms with Gasteiger partial charge in [0.25, 0.3) is 11.6 Å². The van der Waals surface area contributed by atoms with E-state index in [9.17, 15) is 24.5 Å². The van der Waals surface area contributed by atoms with E-state index in [1.54, 1.807) is 36.4 Å². The van der Waals surface area contributed by atoms with Crippen LogP contribution in [0.3, 0.4) is 0 Å². The molecule has 0 aliphatic heterocycles. The lowest BCUT2D eigenvalue weighted by atomic mass is 9.81. The lowest BCUT2D eigenvalue weighted by Crippen LogP contribution is -2.45. The maximum absolute atomic E-state index is 13.4. The number of halogens is 2. The fourth-order valence-corrected chi connectivity index (χ4v) is 5.95. The number of hydrogen-bond acceptors (Lipinski definition) is 5. The number of amides is 4. The lowest BCUT2D eigenvalue weighted by molar-refractivity contribution is -0.383. The van der Waals surface area contributed by atoms with Gasteiger partial charge in [0, 0.05) is 24.3 Å². The largest absolute Gasteiger partial charge is 0.353 e. The van der Waals surface area contributed by atoms with Gasteiger partial charge in [0.2, 0.25) is 5.91 Å². The number of para-hydroxylation sites is 2. The Labute approximate surface area is 259 Å². The Balaban J connectivity index is 1.28. The van der Waals surface area contributed by atoms with Gasteiger partial charge in [0.1, 0.15) is 5.69 Å². The highest BCUT2D eigenvalue weighted by Gasteiger charge is 2.41. The van der Waals surface area contributed by atoms with Crippen molar-refractivity contribution in [2.45, 2.75) is 51.5 Å². The highest BCUT2D eigenvalue weighted by Crippen LogP contribution is 2.41. The summed E-state index contributed by atoms with van der Waals surface area (Å²) in [6, 6.07) is 17.4. The van der Waals surface area contributed by atoms with Gasteiger partial charge in [-0.1, -0.05) is 66.4 Å². The molecule has 12 heteroatoms. The first-order valence-corrected chi connectivity index (χ1v) is 14.8. The van der Waals surface area contributed by atoms with E-state index in [2.05, 4.69) is 21.3 Å². The smallest absolute Gasteiger partial charge is 0.319 e. The summed E-state index contributed by atoms with van der Waals surface area (Å²) in [7, 11) is 0. The molecule has 0 aromatic heterocycles. The normalized spacial score (nSPS) is 14.4. The quantitative estimate of drug-likeness (QED) is 0.134. The first-order valence-electron chi connectivity index (χ1n) is 14.0. The van der Waals surface area contributed by atoms with E-state index in [4.69, 9.17) is 23.2 Å². The molecule has 43 heavy (non-hydrogen) atoms. The van der Waals surface area contributed by atoms with Gasteiger partial charge in [-0.05, 0) is 68.5 Å². The molecule has 1 unspecified atom stereocenters. The molecule has 10 nitrogen and oxygen atoms in total. The molecule has 0 radical (unpaired) electrons. The average molecular weight is 627 g/mol. The molecule has 1 fully saturated rings. The topological polar surface area (TPSA) is 142 Å². The predicted molar refractivity (Wildman–Crippen MR) is 168 cm³/mol. The fourth-order valence-electron chi connectivity index (χ4n) is 5.38. The lowest BCUT2D eigenvalue weighted by Gasteiger charge is -2.29. The molecule has 4 amide bonds. The van der Waals surface area contributed by atoms with E-state index in [0.717, 1.165) is 31.2 Å². The molecule has 1 saturated carbocycles. The summed E-state index contributed by atoms with van der Waals surface area (Å²) in [5.74, 6) is -0.446. The first-order chi connectivity index (χ1) is 20.6. The molecule has 0 heterocycles. The number of nitro benzene ring substituents is 1.